The molecule has 0 radical (unpaired) electrons. The van der Waals surface area contributed by atoms with Crippen molar-refractivity contribution < 1.29 is 4.74 Å². The van der Waals surface area contributed by atoms with Crippen LogP contribution in [0, 0.1) is 0 Å². The van der Waals surface area contributed by atoms with Crippen LogP contribution >= 0.6 is 0 Å². The first-order chi connectivity index (χ1) is 7.10. The maximum atomic E-state index is 11.2. The molecule has 0 aliphatic carbocycles. The number of rotatable bonds is 2. The number of aliphatic imine (C=N–C) groups is 1. The Kier molecular flexibility index (Phi) is 2.34. The minimum atomic E-state index is -0.364. The number of nitrogens with zero attached hydrogens (tertiary/aromatic N) is 1. The van der Waals surface area contributed by atoms with Gasteiger partial charge in [0, 0.05) is 11.8 Å². The van der Waals surface area contributed by atoms with Crippen molar-refractivity contribution in [3.63, 3.8) is 0 Å². The van der Waals surface area contributed by atoms with Gasteiger partial charge in [-0.05, 0) is 19.9 Å². The van der Waals surface area contributed by atoms with Gasteiger partial charge in [0.05, 0.1) is 12.0 Å². The van der Waals surface area contributed by atoms with E-state index in [1.54, 1.807) is 6.07 Å². The highest BCUT2D eigenvalue weighted by atomic mass is 16.5. The Morgan fingerprint density at radius 3 is 2.87 bits per heavy atom. The molecule has 0 unspecified atom stereocenters. The molecule has 0 aromatic carbocycles. The summed E-state index contributed by atoms with van der Waals surface area (Å²) >= 11 is 0. The fourth-order valence-electron chi connectivity index (χ4n) is 1.64. The molecule has 15 heavy (non-hydrogen) atoms. The van der Waals surface area contributed by atoms with Gasteiger partial charge in [-0.1, -0.05) is 6.07 Å². The maximum Gasteiger partial charge on any atom is 0.248 e. The second-order valence-electron chi connectivity index (χ2n) is 4.09. The normalized spacial score (nSPS) is 16.0. The molecule has 2 heterocycles. The highest BCUT2D eigenvalue weighted by Crippen LogP contribution is 2.24. The molecule has 1 aliphatic rings. The van der Waals surface area contributed by atoms with Crippen LogP contribution in [0.1, 0.15) is 19.5 Å². The highest BCUT2D eigenvalue weighted by molar-refractivity contribution is 5.87. The van der Waals surface area contributed by atoms with Gasteiger partial charge in [0.2, 0.25) is 5.56 Å². The third-order valence-electron chi connectivity index (χ3n) is 2.56. The van der Waals surface area contributed by atoms with Crippen molar-refractivity contribution in [3.8, 4) is 0 Å². The van der Waals surface area contributed by atoms with E-state index in [-0.39, 0.29) is 11.0 Å². The molecule has 0 spiro atoms. The fourth-order valence-corrected chi connectivity index (χ4v) is 1.64. The summed E-state index contributed by atoms with van der Waals surface area (Å²) in [7, 11) is 0. The predicted octanol–water partition coefficient (Wildman–Crippen LogP) is 1.08. The minimum Gasteiger partial charge on any atom is -0.478 e. The summed E-state index contributed by atoms with van der Waals surface area (Å²) < 4.78 is 5.44. The Bertz CT molecular complexity index is 446. The Balaban J connectivity index is 2.40. The number of nitrogens with one attached hydrogen (secondary N) is 1. The van der Waals surface area contributed by atoms with Crippen LogP contribution in [0.2, 0.25) is 0 Å². The summed E-state index contributed by atoms with van der Waals surface area (Å²) in [6, 6.07) is 5.12. The van der Waals surface area contributed by atoms with E-state index in [1.807, 2.05) is 19.9 Å². The van der Waals surface area contributed by atoms with Gasteiger partial charge in [0.15, 0.2) is 5.90 Å². The van der Waals surface area contributed by atoms with Crippen LogP contribution in [-0.2, 0) is 10.2 Å². The van der Waals surface area contributed by atoms with E-state index in [4.69, 9.17) is 4.74 Å². The number of pyridine rings is 1. The molecule has 0 bridgehead atoms. The number of aromatic nitrogens is 1. The van der Waals surface area contributed by atoms with Crippen molar-refractivity contribution in [1.29, 1.82) is 0 Å². The summed E-state index contributed by atoms with van der Waals surface area (Å²) in [5.74, 6) is 0.698. The van der Waals surface area contributed by atoms with E-state index in [0.29, 0.717) is 19.0 Å². The summed E-state index contributed by atoms with van der Waals surface area (Å²) in [4.78, 5) is 18.3. The molecule has 80 valence electrons. The number of hydrogen-bond acceptors (Lipinski definition) is 3. The minimum absolute atomic E-state index is 0.0980. The van der Waals surface area contributed by atoms with E-state index in [2.05, 4.69) is 9.98 Å². The first-order valence-corrected chi connectivity index (χ1v) is 4.98. The average Bonchev–Trinajstić information content (AvgIpc) is 2.71. The lowest BCUT2D eigenvalue weighted by Gasteiger charge is -2.23. The second-order valence-corrected chi connectivity index (χ2v) is 4.09. The lowest BCUT2D eigenvalue weighted by atomic mass is 9.88. The molecule has 0 atom stereocenters. The molecule has 1 aromatic heterocycles. The summed E-state index contributed by atoms with van der Waals surface area (Å²) in [5, 5.41) is 0. The zero-order chi connectivity index (χ0) is 10.9. The van der Waals surface area contributed by atoms with Crippen molar-refractivity contribution >= 4 is 5.90 Å². The first-order valence-electron chi connectivity index (χ1n) is 4.98. The predicted molar refractivity (Wildman–Crippen MR) is 58.3 cm³/mol. The molecule has 4 heteroatoms. The van der Waals surface area contributed by atoms with Gasteiger partial charge in [0.1, 0.15) is 6.61 Å². The van der Waals surface area contributed by atoms with E-state index in [0.717, 1.165) is 5.69 Å². The van der Waals surface area contributed by atoms with Crippen LogP contribution < -0.4 is 5.56 Å². The Labute approximate surface area is 88.0 Å². The Morgan fingerprint density at radius 1 is 1.47 bits per heavy atom. The zero-order valence-corrected chi connectivity index (χ0v) is 8.91. The first kappa shape index (κ1) is 9.96. The van der Waals surface area contributed by atoms with Crippen molar-refractivity contribution in [2.75, 3.05) is 13.2 Å². The molecular formula is C11H14N2O2. The highest BCUT2D eigenvalue weighted by Gasteiger charge is 2.31. The molecule has 2 rings (SSSR count). The second kappa shape index (κ2) is 3.53. The summed E-state index contributed by atoms with van der Waals surface area (Å²) in [6.07, 6.45) is 0. The zero-order valence-electron chi connectivity index (χ0n) is 8.91. The number of aromatic amines is 1. The molecule has 0 saturated carbocycles. The fraction of sp³-hybridized carbons (Fsp3) is 0.455. The maximum absolute atomic E-state index is 11.2. The average molecular weight is 206 g/mol. The van der Waals surface area contributed by atoms with E-state index in [9.17, 15) is 4.79 Å². The molecule has 0 saturated heterocycles. The van der Waals surface area contributed by atoms with Crippen molar-refractivity contribution in [1.82, 2.24) is 4.98 Å². The quantitative estimate of drug-likeness (QED) is 0.787. The van der Waals surface area contributed by atoms with E-state index >= 15 is 0 Å². The third kappa shape index (κ3) is 1.79. The van der Waals surface area contributed by atoms with Gasteiger partial charge in [0.25, 0.3) is 0 Å². The number of hydrogen-bond donors (Lipinski definition) is 1. The van der Waals surface area contributed by atoms with Crippen molar-refractivity contribution in [3.05, 3.63) is 34.2 Å². The number of H-pyrrole nitrogens is 1. The molecule has 1 aromatic rings. The Hall–Kier alpha value is -1.58. The van der Waals surface area contributed by atoms with Gasteiger partial charge in [-0.3, -0.25) is 9.79 Å². The van der Waals surface area contributed by atoms with Gasteiger partial charge < -0.3 is 9.72 Å². The summed E-state index contributed by atoms with van der Waals surface area (Å²) in [5.41, 5.74) is 0.367. The van der Waals surface area contributed by atoms with Gasteiger partial charge >= 0.3 is 0 Å². The largest absolute Gasteiger partial charge is 0.478 e. The van der Waals surface area contributed by atoms with Gasteiger partial charge in [-0.25, -0.2) is 0 Å². The summed E-state index contributed by atoms with van der Waals surface area (Å²) in [6.45, 7) is 5.32. The SMILES string of the molecule is CC(C)(C1=NCCO1)c1cccc(=O)[nH]1. The van der Waals surface area contributed by atoms with E-state index in [1.165, 1.54) is 6.07 Å². The standard InChI is InChI=1S/C11H14N2O2/c1-11(2,10-12-6-7-15-10)8-4-3-5-9(14)13-8/h3-5H,6-7H2,1-2H3,(H,13,14). The van der Waals surface area contributed by atoms with Crippen LogP contribution in [0.4, 0.5) is 0 Å². The van der Waals surface area contributed by atoms with Crippen LogP contribution in [0.5, 0.6) is 0 Å². The van der Waals surface area contributed by atoms with E-state index < -0.39 is 0 Å². The van der Waals surface area contributed by atoms with Crippen LogP contribution in [0.3, 0.4) is 0 Å². The third-order valence-corrected chi connectivity index (χ3v) is 2.56. The lowest BCUT2D eigenvalue weighted by molar-refractivity contribution is 0.317. The molecule has 0 fully saturated rings. The molecule has 4 nitrogen and oxygen atoms in total. The van der Waals surface area contributed by atoms with Crippen LogP contribution in [0.15, 0.2) is 28.0 Å². The number of ether oxygens (including phenoxy) is 1. The van der Waals surface area contributed by atoms with Crippen LogP contribution in [-0.4, -0.2) is 24.0 Å². The monoisotopic (exact) mass is 206 g/mol. The topological polar surface area (TPSA) is 54.4 Å². The van der Waals surface area contributed by atoms with Crippen LogP contribution in [0.25, 0.3) is 0 Å². The van der Waals surface area contributed by atoms with Crippen molar-refractivity contribution in [2.45, 2.75) is 19.3 Å². The lowest BCUT2D eigenvalue weighted by Crippen LogP contribution is -2.32. The Morgan fingerprint density at radius 2 is 2.27 bits per heavy atom. The molecule has 1 N–H and O–H groups in total. The van der Waals surface area contributed by atoms with Crippen molar-refractivity contribution in [2.24, 2.45) is 4.99 Å². The smallest absolute Gasteiger partial charge is 0.248 e. The van der Waals surface area contributed by atoms with Gasteiger partial charge in [-0.2, -0.15) is 0 Å². The van der Waals surface area contributed by atoms with Gasteiger partial charge in [-0.15, -0.1) is 0 Å². The molecular weight excluding hydrogens is 192 g/mol. The molecule has 1 aliphatic heterocycles. The molecule has 0 amide bonds.